The Balaban J connectivity index is 1.56. The molecule has 0 unspecified atom stereocenters. The van der Waals surface area contributed by atoms with Crippen molar-refractivity contribution in [2.24, 2.45) is 0 Å². The number of aromatic nitrogens is 4. The molecule has 0 saturated carbocycles. The number of pyridine rings is 2. The second-order valence-corrected chi connectivity index (χ2v) is 7.39. The Hall–Kier alpha value is -3.78. The Bertz CT molecular complexity index is 1190. The largest absolute Gasteiger partial charge is 0.494 e. The number of anilines is 3. The molecule has 0 aliphatic carbocycles. The minimum absolute atomic E-state index is 0.302. The van der Waals surface area contributed by atoms with Crippen LogP contribution < -0.4 is 20.7 Å². The fourth-order valence-electron chi connectivity index (χ4n) is 3.72. The predicted molar refractivity (Wildman–Crippen MR) is 122 cm³/mol. The number of para-hydroxylation sites is 1. The number of hydrogen-bond acceptors (Lipinski definition) is 8. The van der Waals surface area contributed by atoms with Gasteiger partial charge in [-0.15, -0.1) is 0 Å². The minimum Gasteiger partial charge on any atom is -0.494 e. The van der Waals surface area contributed by atoms with Crippen molar-refractivity contribution in [1.82, 2.24) is 25.3 Å². The Morgan fingerprint density at radius 3 is 2.81 bits per heavy atom. The number of methoxy groups -OCH3 is 1. The summed E-state index contributed by atoms with van der Waals surface area (Å²) in [5.74, 6) is 2.74. The van der Waals surface area contributed by atoms with E-state index in [4.69, 9.17) is 14.7 Å². The van der Waals surface area contributed by atoms with E-state index in [1.54, 1.807) is 25.7 Å². The first-order chi connectivity index (χ1) is 15.3. The van der Waals surface area contributed by atoms with Crippen LogP contribution in [0.3, 0.4) is 0 Å². The van der Waals surface area contributed by atoms with E-state index in [1.165, 1.54) is 0 Å². The summed E-state index contributed by atoms with van der Waals surface area (Å²) >= 11 is 0. The summed E-state index contributed by atoms with van der Waals surface area (Å²) in [5.41, 5.74) is 2.56. The molecule has 3 aromatic heterocycles. The van der Waals surface area contributed by atoms with Gasteiger partial charge in [0.2, 0.25) is 0 Å². The molecule has 0 spiro atoms. The van der Waals surface area contributed by atoms with Gasteiger partial charge in [-0.2, -0.15) is 0 Å². The highest BCUT2D eigenvalue weighted by Gasteiger charge is 2.19. The van der Waals surface area contributed by atoms with Gasteiger partial charge in [-0.05, 0) is 37.2 Å². The first-order valence-corrected chi connectivity index (χ1v) is 10.3. The van der Waals surface area contributed by atoms with Gasteiger partial charge < -0.3 is 20.7 Å². The molecule has 1 fully saturated rings. The van der Waals surface area contributed by atoms with Crippen LogP contribution in [0.5, 0.6) is 5.75 Å². The van der Waals surface area contributed by atoms with Gasteiger partial charge in [0.05, 0.1) is 30.4 Å². The van der Waals surface area contributed by atoms with E-state index in [-0.39, 0.29) is 0 Å². The standard InChI is InChI=1S/C23H23N7O/c1-31-19-14-25-13-18-21(19)23(28-17-8-9-24-12-17)30-22(29-18)15-7-10-26-20(11-15)27-16-5-3-2-4-6-16/h2-7,10-11,13-14,17,24H,8-9,12H2,1H3,(H,26,27)(H,28,29,30)/t17-/m1/s1. The van der Waals surface area contributed by atoms with Crippen LogP contribution in [0.1, 0.15) is 6.42 Å². The van der Waals surface area contributed by atoms with E-state index >= 15 is 0 Å². The topological polar surface area (TPSA) is 96.9 Å². The molecule has 31 heavy (non-hydrogen) atoms. The quantitative estimate of drug-likeness (QED) is 0.441. The highest BCUT2D eigenvalue weighted by molar-refractivity contribution is 5.95. The molecule has 4 aromatic rings. The van der Waals surface area contributed by atoms with E-state index in [0.29, 0.717) is 17.6 Å². The summed E-state index contributed by atoms with van der Waals surface area (Å²) in [6.07, 6.45) is 6.23. The lowest BCUT2D eigenvalue weighted by Gasteiger charge is -2.16. The van der Waals surface area contributed by atoms with Crippen LogP contribution in [0.25, 0.3) is 22.3 Å². The van der Waals surface area contributed by atoms with Gasteiger partial charge in [-0.3, -0.25) is 4.98 Å². The van der Waals surface area contributed by atoms with Crippen LogP contribution in [-0.2, 0) is 0 Å². The molecule has 5 rings (SSSR count). The number of hydrogen-bond donors (Lipinski definition) is 3. The summed E-state index contributed by atoms with van der Waals surface area (Å²) in [4.78, 5) is 18.4. The zero-order chi connectivity index (χ0) is 21.0. The molecule has 1 saturated heterocycles. The monoisotopic (exact) mass is 413 g/mol. The van der Waals surface area contributed by atoms with Crippen molar-refractivity contribution in [3.05, 3.63) is 61.1 Å². The fourth-order valence-corrected chi connectivity index (χ4v) is 3.72. The summed E-state index contributed by atoms with van der Waals surface area (Å²) in [6.45, 7) is 1.89. The van der Waals surface area contributed by atoms with Crippen molar-refractivity contribution in [2.75, 3.05) is 30.8 Å². The number of rotatable bonds is 6. The highest BCUT2D eigenvalue weighted by Crippen LogP contribution is 2.32. The maximum absolute atomic E-state index is 5.55. The third kappa shape index (κ3) is 4.10. The van der Waals surface area contributed by atoms with E-state index in [1.807, 2.05) is 42.5 Å². The number of fused-ring (bicyclic) bond motifs is 1. The van der Waals surface area contributed by atoms with Crippen molar-refractivity contribution < 1.29 is 4.74 Å². The lowest BCUT2D eigenvalue weighted by molar-refractivity contribution is 0.418. The zero-order valence-corrected chi connectivity index (χ0v) is 17.2. The van der Waals surface area contributed by atoms with Gasteiger partial charge in [0, 0.05) is 30.0 Å². The van der Waals surface area contributed by atoms with Gasteiger partial charge in [-0.25, -0.2) is 15.0 Å². The summed E-state index contributed by atoms with van der Waals surface area (Å²) in [6, 6.07) is 14.1. The zero-order valence-electron chi connectivity index (χ0n) is 17.2. The van der Waals surface area contributed by atoms with Crippen molar-refractivity contribution >= 4 is 28.2 Å². The Labute approximate surface area is 180 Å². The molecular weight excluding hydrogens is 390 g/mol. The number of benzene rings is 1. The molecule has 1 atom stereocenters. The van der Waals surface area contributed by atoms with Crippen molar-refractivity contribution in [3.8, 4) is 17.1 Å². The molecule has 1 aliphatic rings. The predicted octanol–water partition coefficient (Wildman–Crippen LogP) is 3.61. The number of nitrogens with zero attached hydrogens (tertiary/aromatic N) is 4. The molecule has 0 radical (unpaired) electrons. The van der Waals surface area contributed by atoms with Gasteiger partial charge in [0.1, 0.15) is 17.4 Å². The average Bonchev–Trinajstić information content (AvgIpc) is 3.32. The fraction of sp³-hybridized carbons (Fsp3) is 0.217. The maximum Gasteiger partial charge on any atom is 0.162 e. The molecule has 1 aromatic carbocycles. The SMILES string of the molecule is COc1cncc2nc(-c3ccnc(Nc4ccccc4)c3)nc(N[C@@H]3CCNC3)c12. The summed E-state index contributed by atoms with van der Waals surface area (Å²) in [7, 11) is 1.63. The Kier molecular flexibility index (Phi) is 5.28. The van der Waals surface area contributed by atoms with E-state index in [0.717, 1.165) is 53.3 Å². The van der Waals surface area contributed by atoms with Gasteiger partial charge >= 0.3 is 0 Å². The molecule has 0 bridgehead atoms. The third-order valence-corrected chi connectivity index (χ3v) is 5.26. The Morgan fingerprint density at radius 1 is 1.10 bits per heavy atom. The average molecular weight is 413 g/mol. The second-order valence-electron chi connectivity index (χ2n) is 7.39. The van der Waals surface area contributed by atoms with Crippen molar-refractivity contribution in [3.63, 3.8) is 0 Å². The Morgan fingerprint density at radius 2 is 2.00 bits per heavy atom. The van der Waals surface area contributed by atoms with E-state index < -0.39 is 0 Å². The minimum atomic E-state index is 0.302. The van der Waals surface area contributed by atoms with Gasteiger partial charge in [0.15, 0.2) is 5.82 Å². The summed E-state index contributed by atoms with van der Waals surface area (Å²) in [5, 5.41) is 11.1. The lowest BCUT2D eigenvalue weighted by atomic mass is 10.2. The first-order valence-electron chi connectivity index (χ1n) is 10.3. The smallest absolute Gasteiger partial charge is 0.162 e. The molecule has 0 amide bonds. The number of ether oxygens (including phenoxy) is 1. The van der Waals surface area contributed by atoms with Crippen molar-refractivity contribution in [2.45, 2.75) is 12.5 Å². The van der Waals surface area contributed by atoms with Crippen LogP contribution in [0, 0.1) is 0 Å². The van der Waals surface area contributed by atoms with Gasteiger partial charge in [0.25, 0.3) is 0 Å². The maximum atomic E-state index is 5.55. The normalized spacial score (nSPS) is 15.7. The van der Waals surface area contributed by atoms with Crippen LogP contribution in [-0.4, -0.2) is 46.2 Å². The summed E-state index contributed by atoms with van der Waals surface area (Å²) < 4.78 is 5.55. The van der Waals surface area contributed by atoms with Crippen LogP contribution in [0.2, 0.25) is 0 Å². The lowest BCUT2D eigenvalue weighted by Crippen LogP contribution is -2.23. The van der Waals surface area contributed by atoms with Gasteiger partial charge in [-0.1, -0.05) is 18.2 Å². The molecule has 156 valence electrons. The van der Waals surface area contributed by atoms with E-state index in [9.17, 15) is 0 Å². The van der Waals surface area contributed by atoms with Crippen LogP contribution in [0.4, 0.5) is 17.3 Å². The molecule has 8 heteroatoms. The third-order valence-electron chi connectivity index (χ3n) is 5.26. The van der Waals surface area contributed by atoms with Crippen LogP contribution in [0.15, 0.2) is 61.1 Å². The molecule has 3 N–H and O–H groups in total. The first kappa shape index (κ1) is 19.2. The molecular formula is C23H23N7O. The van der Waals surface area contributed by atoms with E-state index in [2.05, 4.69) is 25.9 Å². The second kappa shape index (κ2) is 8.53. The molecule has 8 nitrogen and oxygen atoms in total. The van der Waals surface area contributed by atoms with Crippen molar-refractivity contribution in [1.29, 1.82) is 0 Å². The molecule has 4 heterocycles. The van der Waals surface area contributed by atoms with Crippen LogP contribution >= 0.6 is 0 Å². The molecule has 1 aliphatic heterocycles. The number of nitrogens with one attached hydrogen (secondary N) is 3. The highest BCUT2D eigenvalue weighted by atomic mass is 16.5.